The van der Waals surface area contributed by atoms with Crippen LogP contribution < -0.4 is 154 Å². The van der Waals surface area contributed by atoms with Crippen LogP contribution in [0.25, 0.3) is 0 Å². The van der Waals surface area contributed by atoms with Crippen LogP contribution in [0, 0.1) is 0 Å². The molecule has 0 aliphatic heterocycles. The van der Waals surface area contributed by atoms with E-state index in [2.05, 4.69) is 0 Å². The molecule has 0 aliphatic rings. The zero-order valence-electron chi connectivity index (χ0n) is 6.41. The summed E-state index contributed by atoms with van der Waals surface area (Å²) in [4.78, 5) is 0. The molecule has 0 aromatic carbocycles. The van der Waals surface area contributed by atoms with Gasteiger partial charge in [-0.25, -0.2) is 0 Å². The topological polar surface area (TPSA) is 0 Å². The van der Waals surface area contributed by atoms with Crippen molar-refractivity contribution in [3.8, 4) is 0 Å². The Labute approximate surface area is 165 Å². The second-order valence-electron chi connectivity index (χ2n) is 0. The van der Waals surface area contributed by atoms with Gasteiger partial charge in [-0.05, 0) is 0 Å². The van der Waals surface area contributed by atoms with Gasteiger partial charge in [-0.2, -0.15) is 0 Å². The van der Waals surface area contributed by atoms with Crippen molar-refractivity contribution < 1.29 is 158 Å². The molecule has 4 heavy (non-hydrogen) atoms. The van der Waals surface area contributed by atoms with Crippen molar-refractivity contribution >= 4 is 12.4 Å². The largest absolute Gasteiger partial charge is 1.00 e. The molecule has 14 valence electrons. The van der Waals surface area contributed by atoms with E-state index in [-0.39, 0.29) is 171 Å². The van der Waals surface area contributed by atoms with Crippen LogP contribution >= 0.6 is 12.4 Å². The van der Waals surface area contributed by atoms with Crippen molar-refractivity contribution in [1.29, 1.82) is 0 Å². The van der Waals surface area contributed by atoms with Gasteiger partial charge in [-0.1, -0.05) is 0 Å². The zero-order valence-corrected chi connectivity index (χ0v) is 13.6. The molecule has 0 aromatic heterocycles. The number of rotatable bonds is 0. The van der Waals surface area contributed by atoms with Crippen LogP contribution in [0.2, 0.25) is 0 Å². The molecule has 0 heterocycles. The summed E-state index contributed by atoms with van der Waals surface area (Å²) in [6.45, 7) is 0. The Morgan fingerprint density at radius 1 is 0.750 bits per heavy atom. The second kappa shape index (κ2) is 15.7. The molecule has 0 saturated carbocycles. The van der Waals surface area contributed by atoms with Crippen LogP contribution in [-0.4, -0.2) is 0 Å². The predicted molar refractivity (Wildman–Crippen MR) is 10.6 cm³/mol. The SMILES string of the molecule is Cl.[H-].[H-].[H-].[K+].[K+].[K+]. The molecule has 0 amide bonds. The van der Waals surface area contributed by atoms with Crippen molar-refractivity contribution in [3.05, 3.63) is 0 Å². The van der Waals surface area contributed by atoms with Crippen LogP contribution in [-0.2, 0) is 0 Å². The smallest absolute Gasteiger partial charge is 1.00 e. The van der Waals surface area contributed by atoms with E-state index in [4.69, 9.17) is 0 Å². The van der Waals surface area contributed by atoms with E-state index in [1.165, 1.54) is 0 Å². The number of halogens is 1. The first kappa shape index (κ1) is 22.9. The predicted octanol–water partition coefficient (Wildman–Crippen LogP) is -8.23. The van der Waals surface area contributed by atoms with Crippen LogP contribution in [0.1, 0.15) is 4.28 Å². The molecule has 4 heteroatoms. The molecule has 0 spiro atoms. The monoisotopic (exact) mass is 156 g/mol. The summed E-state index contributed by atoms with van der Waals surface area (Å²) in [5.74, 6) is 0. The molecule has 0 rings (SSSR count). The van der Waals surface area contributed by atoms with Gasteiger partial charge in [0, 0.05) is 0 Å². The van der Waals surface area contributed by atoms with E-state index in [0.29, 0.717) is 0 Å². The Morgan fingerprint density at radius 2 is 0.750 bits per heavy atom. The van der Waals surface area contributed by atoms with E-state index in [1.54, 1.807) is 0 Å². The third-order valence-electron chi connectivity index (χ3n) is 0. The van der Waals surface area contributed by atoms with Crippen molar-refractivity contribution in [2.75, 3.05) is 0 Å². The van der Waals surface area contributed by atoms with Gasteiger partial charge in [0.2, 0.25) is 0 Å². The number of hydrogen-bond donors (Lipinski definition) is 0. The molecule has 0 N–H and O–H groups in total. The van der Waals surface area contributed by atoms with E-state index in [9.17, 15) is 0 Å². The normalized spacial score (nSPS) is 0. The van der Waals surface area contributed by atoms with Gasteiger partial charge in [-0.3, -0.25) is 0 Å². The number of hydrogen-bond acceptors (Lipinski definition) is 0. The van der Waals surface area contributed by atoms with Gasteiger partial charge in [-0.15, -0.1) is 12.4 Å². The summed E-state index contributed by atoms with van der Waals surface area (Å²) in [6, 6.07) is 0. The third-order valence-corrected chi connectivity index (χ3v) is 0. The van der Waals surface area contributed by atoms with Crippen LogP contribution in [0.4, 0.5) is 0 Å². The van der Waals surface area contributed by atoms with E-state index in [0.717, 1.165) is 0 Å². The molecule has 0 radical (unpaired) electrons. The standard InChI is InChI=1S/ClH.3K.3H/h1H;;;;;;/q;3*+1;3*-1. The Hall–Kier alpha value is 5.20. The van der Waals surface area contributed by atoms with Gasteiger partial charge < -0.3 is 4.28 Å². The molecule has 0 unspecified atom stereocenters. The van der Waals surface area contributed by atoms with Crippen LogP contribution in [0.15, 0.2) is 0 Å². The van der Waals surface area contributed by atoms with Crippen LogP contribution in [0.5, 0.6) is 0 Å². The molecule has 0 atom stereocenters. The van der Waals surface area contributed by atoms with E-state index < -0.39 is 0 Å². The average Bonchev–Trinajstić information content (AvgIpc) is 0. The minimum absolute atomic E-state index is 0. The summed E-state index contributed by atoms with van der Waals surface area (Å²) in [5, 5.41) is 0. The van der Waals surface area contributed by atoms with Crippen LogP contribution in [0.3, 0.4) is 0 Å². The molecule has 0 aromatic rings. The molecular weight excluding hydrogens is 153 g/mol. The fourth-order valence-corrected chi connectivity index (χ4v) is 0. The second-order valence-corrected chi connectivity index (χ2v) is 0. The maximum absolute atomic E-state index is 0. The Kier molecular flexibility index (Phi) is 89.9. The molecule has 0 fully saturated rings. The van der Waals surface area contributed by atoms with Gasteiger partial charge in [0.1, 0.15) is 0 Å². The van der Waals surface area contributed by atoms with Gasteiger partial charge >= 0.3 is 154 Å². The van der Waals surface area contributed by atoms with Crippen molar-refractivity contribution in [1.82, 2.24) is 0 Å². The summed E-state index contributed by atoms with van der Waals surface area (Å²) in [5.41, 5.74) is 0. The Morgan fingerprint density at radius 3 is 0.750 bits per heavy atom. The quantitative estimate of drug-likeness (QED) is 0.306. The molecule has 0 saturated heterocycles. The maximum Gasteiger partial charge on any atom is 1.00 e. The third kappa shape index (κ3) is 10.2. The molecule has 0 nitrogen and oxygen atoms in total. The van der Waals surface area contributed by atoms with E-state index >= 15 is 0 Å². The molecule has 0 aliphatic carbocycles. The first-order valence-corrected chi connectivity index (χ1v) is 0. The van der Waals surface area contributed by atoms with Crippen molar-refractivity contribution in [3.63, 3.8) is 0 Å². The van der Waals surface area contributed by atoms with Gasteiger partial charge in [0.15, 0.2) is 0 Å². The Balaban J connectivity index is 0. The maximum atomic E-state index is 0. The van der Waals surface area contributed by atoms with Crippen molar-refractivity contribution in [2.24, 2.45) is 0 Å². The summed E-state index contributed by atoms with van der Waals surface area (Å²) < 4.78 is 0. The fourth-order valence-electron chi connectivity index (χ4n) is 0. The van der Waals surface area contributed by atoms with Gasteiger partial charge in [0.05, 0.1) is 0 Å². The Bertz CT molecular complexity index is 10.1. The van der Waals surface area contributed by atoms with Crippen molar-refractivity contribution in [2.45, 2.75) is 0 Å². The van der Waals surface area contributed by atoms with E-state index in [1.807, 2.05) is 0 Å². The molecular formula is H4ClK3. The van der Waals surface area contributed by atoms with Gasteiger partial charge in [0.25, 0.3) is 0 Å². The zero-order chi connectivity index (χ0) is 0. The first-order chi connectivity index (χ1) is 0. The summed E-state index contributed by atoms with van der Waals surface area (Å²) >= 11 is 0. The average molecular weight is 157 g/mol. The summed E-state index contributed by atoms with van der Waals surface area (Å²) in [6.07, 6.45) is 0. The first-order valence-electron chi connectivity index (χ1n) is 0. The minimum atomic E-state index is 0. The fraction of sp³-hybridized carbons (Fsp3) is 0. The summed E-state index contributed by atoms with van der Waals surface area (Å²) in [7, 11) is 0. The molecule has 0 bridgehead atoms. The minimum Gasteiger partial charge on any atom is -1.00 e.